The lowest BCUT2D eigenvalue weighted by atomic mass is 9.78. The molecule has 0 atom stereocenters. The highest BCUT2D eigenvalue weighted by Gasteiger charge is 2.47. The van der Waals surface area contributed by atoms with Gasteiger partial charge in [-0.15, -0.1) is 5.73 Å². The summed E-state index contributed by atoms with van der Waals surface area (Å²) >= 11 is 0. The lowest BCUT2D eigenvalue weighted by molar-refractivity contribution is -0.168. The average Bonchev–Trinajstić information content (AvgIpc) is 3.33. The molecule has 0 amide bonds. The molecule has 0 unspecified atom stereocenters. The number of hydrogen-bond donors (Lipinski definition) is 0. The van der Waals surface area contributed by atoms with Crippen molar-refractivity contribution < 1.29 is 19.1 Å². The molecular weight excluding hydrogens is 304 g/mol. The number of esters is 2. The Kier molecular flexibility index (Phi) is 7.04. The molecule has 0 aromatic carbocycles. The minimum absolute atomic E-state index is 0.0215. The molecule has 0 radical (unpaired) electrons. The van der Waals surface area contributed by atoms with Crippen molar-refractivity contribution in [2.24, 2.45) is 16.7 Å². The Morgan fingerprint density at radius 1 is 1.12 bits per heavy atom. The van der Waals surface area contributed by atoms with E-state index >= 15 is 0 Å². The summed E-state index contributed by atoms with van der Waals surface area (Å²) in [6, 6.07) is 0. The minimum atomic E-state index is -1.35. The van der Waals surface area contributed by atoms with Crippen LogP contribution < -0.4 is 0 Å². The first-order valence-corrected chi connectivity index (χ1v) is 8.41. The van der Waals surface area contributed by atoms with E-state index in [2.05, 4.69) is 32.6 Å². The van der Waals surface area contributed by atoms with Crippen molar-refractivity contribution in [1.82, 2.24) is 0 Å². The molecule has 4 heteroatoms. The first-order chi connectivity index (χ1) is 11.1. The molecule has 1 fully saturated rings. The maximum atomic E-state index is 12.5. The van der Waals surface area contributed by atoms with Gasteiger partial charge in [-0.1, -0.05) is 32.9 Å². The summed E-state index contributed by atoms with van der Waals surface area (Å²) in [6.45, 7) is 8.08. The Morgan fingerprint density at radius 2 is 1.67 bits per heavy atom. The Bertz CT molecular complexity index is 537. The Balaban J connectivity index is 3.15. The fraction of sp³-hybridized carbons (Fsp3) is 0.650. The fourth-order valence-electron chi connectivity index (χ4n) is 2.45. The molecule has 0 aromatic rings. The van der Waals surface area contributed by atoms with Gasteiger partial charge in [0, 0.05) is 6.42 Å². The molecule has 0 bridgehead atoms. The van der Waals surface area contributed by atoms with Crippen molar-refractivity contribution in [1.29, 1.82) is 0 Å². The molecule has 1 aliphatic rings. The van der Waals surface area contributed by atoms with Crippen LogP contribution in [0.5, 0.6) is 0 Å². The molecule has 1 rings (SSSR count). The maximum absolute atomic E-state index is 12.5. The summed E-state index contributed by atoms with van der Waals surface area (Å²) in [4.78, 5) is 24.9. The van der Waals surface area contributed by atoms with E-state index in [1.54, 1.807) is 0 Å². The van der Waals surface area contributed by atoms with Gasteiger partial charge in [-0.3, -0.25) is 9.59 Å². The highest BCUT2D eigenvalue weighted by molar-refractivity contribution is 6.00. The molecular formula is C20H30O4. The van der Waals surface area contributed by atoms with E-state index in [-0.39, 0.29) is 18.3 Å². The monoisotopic (exact) mass is 334 g/mol. The summed E-state index contributed by atoms with van der Waals surface area (Å²) < 4.78 is 9.87. The number of hydrogen-bond acceptors (Lipinski definition) is 4. The summed E-state index contributed by atoms with van der Waals surface area (Å²) in [5, 5.41) is 0. The van der Waals surface area contributed by atoms with Gasteiger partial charge in [0.25, 0.3) is 0 Å². The van der Waals surface area contributed by atoms with Crippen molar-refractivity contribution in [3.05, 3.63) is 29.5 Å². The van der Waals surface area contributed by atoms with E-state index in [1.165, 1.54) is 27.1 Å². The van der Waals surface area contributed by atoms with Crippen molar-refractivity contribution in [3.8, 4) is 0 Å². The molecule has 0 heterocycles. The van der Waals surface area contributed by atoms with E-state index in [4.69, 9.17) is 9.47 Å². The van der Waals surface area contributed by atoms with Crippen LogP contribution in [0, 0.1) is 16.7 Å². The van der Waals surface area contributed by atoms with E-state index in [1.807, 2.05) is 19.1 Å². The molecule has 1 saturated carbocycles. The zero-order valence-electron chi connectivity index (χ0n) is 15.8. The van der Waals surface area contributed by atoms with Crippen LogP contribution in [-0.4, -0.2) is 26.2 Å². The minimum Gasteiger partial charge on any atom is -0.468 e. The second kappa shape index (κ2) is 8.34. The smallest absolute Gasteiger partial charge is 0.323 e. The van der Waals surface area contributed by atoms with Crippen LogP contribution in [0.2, 0.25) is 0 Å². The van der Waals surface area contributed by atoms with Crippen molar-refractivity contribution in [2.75, 3.05) is 14.2 Å². The number of carbonyl (C=O) groups excluding carboxylic acids is 2. The summed E-state index contributed by atoms with van der Waals surface area (Å²) in [6.07, 6.45) is 8.78. The predicted molar refractivity (Wildman–Crippen MR) is 94.3 cm³/mol. The number of allylic oxidation sites excluding steroid dienone is 3. The van der Waals surface area contributed by atoms with Gasteiger partial charge in [0.1, 0.15) is 0 Å². The summed E-state index contributed by atoms with van der Waals surface area (Å²) in [5.41, 5.74) is 2.65. The average molecular weight is 334 g/mol. The quantitative estimate of drug-likeness (QED) is 0.303. The van der Waals surface area contributed by atoms with Crippen LogP contribution in [0.15, 0.2) is 29.5 Å². The number of rotatable bonds is 7. The second-order valence-electron chi connectivity index (χ2n) is 7.65. The van der Waals surface area contributed by atoms with Gasteiger partial charge in [0.05, 0.1) is 14.2 Å². The van der Waals surface area contributed by atoms with Gasteiger partial charge < -0.3 is 9.47 Å². The molecule has 0 spiro atoms. The number of methoxy groups -OCH3 is 2. The molecule has 0 N–H and O–H groups in total. The van der Waals surface area contributed by atoms with Gasteiger partial charge in [-0.25, -0.2) is 0 Å². The van der Waals surface area contributed by atoms with Gasteiger partial charge >= 0.3 is 11.9 Å². The fourth-order valence-corrected chi connectivity index (χ4v) is 2.45. The molecule has 4 nitrogen and oxygen atoms in total. The lowest BCUT2D eigenvalue weighted by Crippen LogP contribution is -2.41. The third kappa shape index (κ3) is 6.01. The first-order valence-electron chi connectivity index (χ1n) is 8.41. The maximum Gasteiger partial charge on any atom is 0.323 e. The van der Waals surface area contributed by atoms with Crippen molar-refractivity contribution >= 4 is 11.9 Å². The Morgan fingerprint density at radius 3 is 2.08 bits per heavy atom. The zero-order chi connectivity index (χ0) is 18.4. The third-order valence-corrected chi connectivity index (χ3v) is 3.97. The lowest BCUT2D eigenvalue weighted by Gasteiger charge is -2.27. The summed E-state index contributed by atoms with van der Waals surface area (Å²) in [7, 11) is 2.60. The largest absolute Gasteiger partial charge is 0.468 e. The standard InChI is InChI=1S/C20H30O4/c1-15(11-13-19(2,3)4)14-20(17(21)23-5,18(22)24-6)12-7-8-16-9-10-16/h7-8,13,16H,9-10,12,14H2,1-6H3/b8-7+. The van der Waals surface area contributed by atoms with E-state index < -0.39 is 17.4 Å². The van der Waals surface area contributed by atoms with Crippen LogP contribution in [0.25, 0.3) is 0 Å². The molecule has 1 aliphatic carbocycles. The van der Waals surface area contributed by atoms with E-state index in [9.17, 15) is 9.59 Å². The van der Waals surface area contributed by atoms with Gasteiger partial charge in [-0.05, 0) is 49.2 Å². The van der Waals surface area contributed by atoms with Gasteiger partial charge in [0.15, 0.2) is 5.41 Å². The van der Waals surface area contributed by atoms with Crippen molar-refractivity contribution in [2.45, 2.75) is 53.4 Å². The van der Waals surface area contributed by atoms with Gasteiger partial charge in [-0.2, -0.15) is 0 Å². The zero-order valence-corrected chi connectivity index (χ0v) is 15.8. The second-order valence-corrected chi connectivity index (χ2v) is 7.65. The Labute approximate surface area is 145 Å². The van der Waals surface area contributed by atoms with Crippen LogP contribution in [0.3, 0.4) is 0 Å². The predicted octanol–water partition coefficient (Wildman–Crippen LogP) is 4.21. The van der Waals surface area contributed by atoms with Crippen LogP contribution in [0.4, 0.5) is 0 Å². The third-order valence-electron chi connectivity index (χ3n) is 3.97. The molecule has 0 aromatic heterocycles. The molecule has 0 saturated heterocycles. The highest BCUT2D eigenvalue weighted by atomic mass is 16.5. The van der Waals surface area contributed by atoms with Crippen LogP contribution >= 0.6 is 0 Å². The van der Waals surface area contributed by atoms with Crippen LogP contribution in [-0.2, 0) is 19.1 Å². The van der Waals surface area contributed by atoms with Gasteiger partial charge in [0.2, 0.25) is 0 Å². The van der Waals surface area contributed by atoms with E-state index in [0.29, 0.717) is 5.92 Å². The van der Waals surface area contributed by atoms with Crippen LogP contribution in [0.1, 0.15) is 53.4 Å². The summed E-state index contributed by atoms with van der Waals surface area (Å²) in [5.74, 6) is -0.547. The number of ether oxygens (including phenoxy) is 2. The SMILES string of the molecule is COC(=O)C(C/C=C/C1CC1)(CC(C)=C=CC(C)(C)C)C(=O)OC. The molecule has 134 valence electrons. The Hall–Kier alpha value is -1.80. The molecule has 24 heavy (non-hydrogen) atoms. The highest BCUT2D eigenvalue weighted by Crippen LogP contribution is 2.36. The number of carbonyl (C=O) groups is 2. The topological polar surface area (TPSA) is 52.6 Å². The van der Waals surface area contributed by atoms with Crippen molar-refractivity contribution in [3.63, 3.8) is 0 Å². The molecule has 0 aliphatic heterocycles. The normalized spacial score (nSPS) is 14.9. The first kappa shape index (κ1) is 20.2. The van der Waals surface area contributed by atoms with E-state index in [0.717, 1.165) is 5.57 Å².